The summed E-state index contributed by atoms with van der Waals surface area (Å²) in [6.45, 7) is 1.84. The maximum atomic E-state index is 14.2. The van der Waals surface area contributed by atoms with Gasteiger partial charge in [0.1, 0.15) is 25.5 Å². The van der Waals surface area contributed by atoms with Crippen molar-refractivity contribution >= 4 is 5.91 Å². The lowest BCUT2D eigenvalue weighted by atomic mass is 10.1. The molecule has 0 radical (unpaired) electrons. The van der Waals surface area contributed by atoms with Crippen LogP contribution < -0.4 is 10.2 Å². The van der Waals surface area contributed by atoms with Crippen molar-refractivity contribution in [1.29, 1.82) is 0 Å². The zero-order chi connectivity index (χ0) is 19.3. The van der Waals surface area contributed by atoms with Crippen molar-refractivity contribution in [2.75, 3.05) is 0 Å². The SMILES string of the molecule is O=C(NC1CC1)c1ccc(C[NH+](Cc2ccccc2)Cc2ccccc2F)o1. The molecule has 1 aliphatic carbocycles. The first-order valence-electron chi connectivity index (χ1n) is 9.68. The molecular formula is C23H24FN2O2+. The molecule has 28 heavy (non-hydrogen) atoms. The fraction of sp³-hybridized carbons (Fsp3) is 0.261. The Kier molecular flexibility index (Phi) is 5.53. The maximum Gasteiger partial charge on any atom is 0.287 e. The van der Waals surface area contributed by atoms with Crippen molar-refractivity contribution in [3.8, 4) is 0 Å². The number of hydrogen-bond acceptors (Lipinski definition) is 2. The van der Waals surface area contributed by atoms with E-state index in [-0.39, 0.29) is 11.7 Å². The van der Waals surface area contributed by atoms with Crippen LogP contribution in [-0.4, -0.2) is 11.9 Å². The number of halogens is 1. The summed E-state index contributed by atoms with van der Waals surface area (Å²) >= 11 is 0. The smallest absolute Gasteiger partial charge is 0.287 e. The van der Waals surface area contributed by atoms with Crippen molar-refractivity contribution < 1.29 is 18.5 Å². The summed E-state index contributed by atoms with van der Waals surface area (Å²) in [5.41, 5.74) is 1.85. The standard InChI is InChI=1S/C23H23FN2O2/c24-21-9-5-4-8-18(21)15-26(14-17-6-2-1-3-7-17)16-20-12-13-22(28-20)23(27)25-19-10-11-19/h1-9,12-13,19H,10-11,14-16H2,(H,25,27)/p+1. The third-order valence-electron chi connectivity index (χ3n) is 4.92. The average Bonchev–Trinajstić information content (AvgIpc) is 3.39. The molecule has 4 nitrogen and oxygen atoms in total. The zero-order valence-electron chi connectivity index (χ0n) is 15.7. The minimum Gasteiger partial charge on any atom is -0.450 e. The number of hydrogen-bond donors (Lipinski definition) is 2. The third-order valence-corrected chi connectivity index (χ3v) is 4.92. The molecule has 1 heterocycles. The molecule has 1 fully saturated rings. The van der Waals surface area contributed by atoms with E-state index in [1.54, 1.807) is 12.1 Å². The first-order chi connectivity index (χ1) is 13.7. The number of amides is 1. The van der Waals surface area contributed by atoms with E-state index in [2.05, 4.69) is 17.4 Å². The van der Waals surface area contributed by atoms with Gasteiger partial charge in [0.05, 0.1) is 0 Å². The quantitative estimate of drug-likeness (QED) is 0.632. The summed E-state index contributed by atoms with van der Waals surface area (Å²) in [4.78, 5) is 13.3. The summed E-state index contributed by atoms with van der Waals surface area (Å²) in [7, 11) is 0. The average molecular weight is 379 g/mol. The van der Waals surface area contributed by atoms with Crippen LogP contribution in [0.3, 0.4) is 0 Å². The molecule has 1 aromatic heterocycles. The van der Waals surface area contributed by atoms with E-state index in [1.165, 1.54) is 11.6 Å². The first-order valence-corrected chi connectivity index (χ1v) is 9.68. The van der Waals surface area contributed by atoms with E-state index >= 15 is 0 Å². The molecule has 0 saturated heterocycles. The van der Waals surface area contributed by atoms with Gasteiger partial charge >= 0.3 is 0 Å². The highest BCUT2D eigenvalue weighted by molar-refractivity contribution is 5.91. The highest BCUT2D eigenvalue weighted by Gasteiger charge is 2.25. The number of furan rings is 1. The van der Waals surface area contributed by atoms with E-state index < -0.39 is 0 Å². The molecule has 2 aromatic carbocycles. The van der Waals surface area contributed by atoms with Gasteiger partial charge in [-0.1, -0.05) is 48.5 Å². The molecule has 0 spiro atoms. The van der Waals surface area contributed by atoms with Crippen molar-refractivity contribution in [1.82, 2.24) is 5.32 Å². The number of benzene rings is 2. The van der Waals surface area contributed by atoms with Gasteiger partial charge in [0, 0.05) is 17.2 Å². The second kappa shape index (κ2) is 8.40. The second-order valence-corrected chi connectivity index (χ2v) is 7.37. The minimum absolute atomic E-state index is 0.160. The summed E-state index contributed by atoms with van der Waals surface area (Å²) in [6.07, 6.45) is 2.08. The van der Waals surface area contributed by atoms with Crippen LogP contribution in [0.15, 0.2) is 71.1 Å². The van der Waals surface area contributed by atoms with E-state index in [0.717, 1.165) is 30.0 Å². The zero-order valence-corrected chi connectivity index (χ0v) is 15.7. The number of carbonyl (C=O) groups is 1. The van der Waals surface area contributed by atoms with E-state index in [9.17, 15) is 9.18 Å². The predicted octanol–water partition coefficient (Wildman–Crippen LogP) is 3.10. The van der Waals surface area contributed by atoms with Crippen LogP contribution in [0, 0.1) is 5.82 Å². The molecule has 144 valence electrons. The van der Waals surface area contributed by atoms with Crippen LogP contribution >= 0.6 is 0 Å². The van der Waals surface area contributed by atoms with Crippen LogP contribution in [0.2, 0.25) is 0 Å². The van der Waals surface area contributed by atoms with Crippen LogP contribution in [0.1, 0.15) is 40.3 Å². The molecular weight excluding hydrogens is 355 g/mol. The molecule has 1 saturated carbocycles. The Hall–Kier alpha value is -2.92. The van der Waals surface area contributed by atoms with E-state index in [0.29, 0.717) is 30.5 Å². The summed E-state index contributed by atoms with van der Waals surface area (Å²) < 4.78 is 20.0. The first kappa shape index (κ1) is 18.4. The van der Waals surface area contributed by atoms with Gasteiger partial charge in [0.2, 0.25) is 0 Å². The van der Waals surface area contributed by atoms with Crippen molar-refractivity contribution in [3.63, 3.8) is 0 Å². The van der Waals surface area contributed by atoms with Crippen LogP contribution in [-0.2, 0) is 19.6 Å². The molecule has 1 aliphatic rings. The van der Waals surface area contributed by atoms with Gasteiger partial charge in [0.25, 0.3) is 5.91 Å². The molecule has 1 amide bonds. The predicted molar refractivity (Wildman–Crippen MR) is 104 cm³/mol. The second-order valence-electron chi connectivity index (χ2n) is 7.37. The Morgan fingerprint density at radius 3 is 2.46 bits per heavy atom. The Bertz CT molecular complexity index is 935. The fourth-order valence-corrected chi connectivity index (χ4v) is 3.31. The molecule has 4 rings (SSSR count). The highest BCUT2D eigenvalue weighted by atomic mass is 19.1. The van der Waals surface area contributed by atoms with E-state index in [4.69, 9.17) is 4.42 Å². The maximum absolute atomic E-state index is 14.2. The third kappa shape index (κ3) is 4.87. The number of nitrogens with one attached hydrogen (secondary N) is 2. The topological polar surface area (TPSA) is 46.7 Å². The van der Waals surface area contributed by atoms with Gasteiger partial charge in [-0.15, -0.1) is 0 Å². The van der Waals surface area contributed by atoms with Gasteiger partial charge < -0.3 is 14.6 Å². The largest absolute Gasteiger partial charge is 0.450 e. The molecule has 1 unspecified atom stereocenters. The Labute approximate surface area is 164 Å². The van der Waals surface area contributed by atoms with Crippen molar-refractivity contribution in [3.05, 3.63) is 95.2 Å². The van der Waals surface area contributed by atoms with Gasteiger partial charge in [-0.3, -0.25) is 4.79 Å². The van der Waals surface area contributed by atoms with Crippen molar-refractivity contribution in [2.45, 2.75) is 38.5 Å². The van der Waals surface area contributed by atoms with Crippen LogP contribution in [0.5, 0.6) is 0 Å². The van der Waals surface area contributed by atoms with Gasteiger partial charge in [-0.05, 0) is 31.0 Å². The molecule has 3 aromatic rings. The molecule has 5 heteroatoms. The summed E-state index contributed by atoms with van der Waals surface area (Å²) in [6, 6.07) is 20.8. The van der Waals surface area contributed by atoms with Crippen molar-refractivity contribution in [2.24, 2.45) is 0 Å². The normalized spacial score (nSPS) is 14.6. The van der Waals surface area contributed by atoms with Crippen LogP contribution in [0.25, 0.3) is 0 Å². The molecule has 0 bridgehead atoms. The number of carbonyl (C=O) groups excluding carboxylic acids is 1. The lowest BCUT2D eigenvalue weighted by Gasteiger charge is -2.19. The summed E-state index contributed by atoms with van der Waals surface area (Å²) in [5, 5.41) is 2.93. The van der Waals surface area contributed by atoms with Gasteiger partial charge in [-0.2, -0.15) is 0 Å². The Balaban J connectivity index is 1.49. The fourth-order valence-electron chi connectivity index (χ4n) is 3.31. The lowest BCUT2D eigenvalue weighted by molar-refractivity contribution is -0.942. The Morgan fingerprint density at radius 1 is 0.964 bits per heavy atom. The summed E-state index contributed by atoms with van der Waals surface area (Å²) in [5.74, 6) is 0.708. The lowest BCUT2D eigenvalue weighted by Crippen LogP contribution is -3.08. The highest BCUT2D eigenvalue weighted by Crippen LogP contribution is 2.19. The van der Waals surface area contributed by atoms with Crippen LogP contribution in [0.4, 0.5) is 4.39 Å². The molecule has 2 N–H and O–H groups in total. The Morgan fingerprint density at radius 2 is 1.71 bits per heavy atom. The number of rotatable bonds is 8. The number of quaternary nitrogens is 1. The molecule has 0 aliphatic heterocycles. The van der Waals surface area contributed by atoms with E-state index in [1.807, 2.05) is 36.4 Å². The minimum atomic E-state index is -0.197. The molecule has 1 atom stereocenters. The van der Waals surface area contributed by atoms with Gasteiger partial charge in [0.15, 0.2) is 11.5 Å². The van der Waals surface area contributed by atoms with Gasteiger partial charge in [-0.25, -0.2) is 4.39 Å². The monoisotopic (exact) mass is 379 g/mol.